The molecule has 0 spiro atoms. The molecule has 0 radical (unpaired) electrons. The topological polar surface area (TPSA) is 0 Å². The Hall–Kier alpha value is -1.31. The number of rotatable bonds is 13. The predicted molar refractivity (Wildman–Crippen MR) is 117 cm³/mol. The van der Waals surface area contributed by atoms with Crippen LogP contribution in [-0.4, -0.2) is 13.1 Å². The van der Waals surface area contributed by atoms with Crippen molar-refractivity contribution < 1.29 is 12.4 Å². The smallest absolute Gasteiger partial charge is 0.137 e. The van der Waals surface area contributed by atoms with Crippen molar-refractivity contribution in [3.63, 3.8) is 0 Å². The third-order valence-corrected chi connectivity index (χ3v) is 5.50. The highest BCUT2D eigenvalue weighted by Crippen LogP contribution is 2.35. The monoisotopic (exact) mass is 387 g/mol. The maximum Gasteiger partial charge on any atom is 0.137 e. The summed E-state index contributed by atoms with van der Waals surface area (Å²) >= 11 is 0. The van der Waals surface area contributed by atoms with Crippen molar-refractivity contribution >= 4 is 11.4 Å². The SMILES string of the molecule is CCCCCCCCCC[N+](CCC)(c1ccccc1)c1ccccc1.[Cl-]. The molecule has 0 heterocycles. The Balaban J connectivity index is 0.00000364. The number of halogens is 1. The van der Waals surface area contributed by atoms with Crippen LogP contribution in [0.1, 0.15) is 71.6 Å². The molecular weight excluding hydrogens is 350 g/mol. The maximum absolute atomic E-state index is 2.31. The number of unbranched alkanes of at least 4 members (excludes halogenated alkanes) is 7. The molecule has 0 aliphatic heterocycles. The minimum absolute atomic E-state index is 0. The van der Waals surface area contributed by atoms with Gasteiger partial charge in [-0.05, 0) is 43.5 Å². The van der Waals surface area contributed by atoms with Gasteiger partial charge in [-0.2, -0.15) is 0 Å². The first kappa shape index (κ1) is 23.7. The Morgan fingerprint density at radius 3 is 1.41 bits per heavy atom. The van der Waals surface area contributed by atoms with Crippen molar-refractivity contribution in [1.29, 1.82) is 0 Å². The Labute approximate surface area is 173 Å². The molecule has 2 heteroatoms. The van der Waals surface area contributed by atoms with Crippen molar-refractivity contribution in [2.45, 2.75) is 71.6 Å². The van der Waals surface area contributed by atoms with Gasteiger partial charge in [-0.25, -0.2) is 0 Å². The van der Waals surface area contributed by atoms with Crippen LogP contribution in [0.25, 0.3) is 0 Å². The summed E-state index contributed by atoms with van der Waals surface area (Å²) in [6.45, 7) is 6.98. The van der Waals surface area contributed by atoms with Gasteiger partial charge in [-0.3, -0.25) is 4.48 Å². The third kappa shape index (κ3) is 7.31. The van der Waals surface area contributed by atoms with E-state index < -0.39 is 0 Å². The summed E-state index contributed by atoms with van der Waals surface area (Å²) in [7, 11) is 0. The van der Waals surface area contributed by atoms with E-state index in [2.05, 4.69) is 74.5 Å². The number of nitrogens with zero attached hydrogens (tertiary/aromatic N) is 1. The van der Waals surface area contributed by atoms with Crippen molar-refractivity contribution in [3.05, 3.63) is 60.7 Å². The maximum atomic E-state index is 2.31. The summed E-state index contributed by atoms with van der Waals surface area (Å²) in [4.78, 5) is 0. The molecule has 0 amide bonds. The Morgan fingerprint density at radius 2 is 0.963 bits per heavy atom. The lowest BCUT2D eigenvalue weighted by molar-refractivity contribution is -0.00000548. The molecule has 2 rings (SSSR count). The highest BCUT2D eigenvalue weighted by molar-refractivity contribution is 5.58. The second-order valence-corrected chi connectivity index (χ2v) is 7.56. The molecule has 0 unspecified atom stereocenters. The van der Waals surface area contributed by atoms with Crippen LogP contribution in [0.2, 0.25) is 0 Å². The molecule has 0 aromatic heterocycles. The summed E-state index contributed by atoms with van der Waals surface area (Å²) in [5, 5.41) is 0. The summed E-state index contributed by atoms with van der Waals surface area (Å²) < 4.78 is 0.994. The standard InChI is InChI=1S/C25H38N.ClH/c1-3-5-6-7-8-9-10-17-23-26(22-4-2,24-18-13-11-14-19-24)25-20-15-12-16-21-25;/h11-16,18-21H,3-10,17,22-23H2,1-2H3;1H/q+1;/p-1. The predicted octanol–water partition coefficient (Wildman–Crippen LogP) is 4.88. The molecule has 0 aliphatic rings. The van der Waals surface area contributed by atoms with Crippen LogP contribution in [0.3, 0.4) is 0 Å². The third-order valence-electron chi connectivity index (χ3n) is 5.50. The first-order valence-corrected chi connectivity index (χ1v) is 10.8. The minimum Gasteiger partial charge on any atom is -1.00 e. The molecule has 0 bridgehead atoms. The number of hydrogen-bond donors (Lipinski definition) is 0. The average molecular weight is 388 g/mol. The Bertz CT molecular complexity index is 542. The molecule has 0 atom stereocenters. The summed E-state index contributed by atoms with van der Waals surface area (Å²) in [5.74, 6) is 0. The molecule has 0 saturated carbocycles. The summed E-state index contributed by atoms with van der Waals surface area (Å²) in [5.41, 5.74) is 2.87. The molecule has 0 aliphatic carbocycles. The fraction of sp³-hybridized carbons (Fsp3) is 0.520. The van der Waals surface area contributed by atoms with Gasteiger partial charge in [0.2, 0.25) is 0 Å². The van der Waals surface area contributed by atoms with E-state index in [-0.39, 0.29) is 12.4 Å². The van der Waals surface area contributed by atoms with Gasteiger partial charge < -0.3 is 12.4 Å². The van der Waals surface area contributed by atoms with Crippen LogP contribution in [0.5, 0.6) is 0 Å². The van der Waals surface area contributed by atoms with E-state index >= 15 is 0 Å². The number of quaternary nitrogens is 1. The van der Waals surface area contributed by atoms with Crippen molar-refractivity contribution in [2.75, 3.05) is 13.1 Å². The highest BCUT2D eigenvalue weighted by atomic mass is 35.5. The first-order chi connectivity index (χ1) is 12.8. The molecule has 1 nitrogen and oxygen atoms in total. The fourth-order valence-corrected chi connectivity index (χ4v) is 4.10. The molecule has 2 aromatic rings. The van der Waals surface area contributed by atoms with Crippen LogP contribution < -0.4 is 16.9 Å². The van der Waals surface area contributed by atoms with Gasteiger partial charge in [0.05, 0.1) is 13.1 Å². The zero-order chi connectivity index (χ0) is 18.5. The Kier molecular flexibility index (Phi) is 12.1. The van der Waals surface area contributed by atoms with E-state index in [1.54, 1.807) is 0 Å². The molecule has 27 heavy (non-hydrogen) atoms. The van der Waals surface area contributed by atoms with Crippen LogP contribution in [0.4, 0.5) is 11.4 Å². The van der Waals surface area contributed by atoms with Gasteiger partial charge in [0.25, 0.3) is 0 Å². The van der Waals surface area contributed by atoms with E-state index in [4.69, 9.17) is 0 Å². The van der Waals surface area contributed by atoms with Gasteiger partial charge in [0.15, 0.2) is 0 Å². The van der Waals surface area contributed by atoms with Gasteiger partial charge in [0.1, 0.15) is 11.4 Å². The molecule has 0 N–H and O–H groups in total. The van der Waals surface area contributed by atoms with Crippen molar-refractivity contribution in [3.8, 4) is 0 Å². The molecule has 150 valence electrons. The molecule has 2 aromatic carbocycles. The van der Waals surface area contributed by atoms with E-state index in [0.29, 0.717) is 0 Å². The van der Waals surface area contributed by atoms with Crippen LogP contribution in [0, 0.1) is 0 Å². The Morgan fingerprint density at radius 1 is 0.519 bits per heavy atom. The van der Waals surface area contributed by atoms with E-state index in [1.165, 1.54) is 82.3 Å². The van der Waals surface area contributed by atoms with Crippen LogP contribution >= 0.6 is 0 Å². The fourth-order valence-electron chi connectivity index (χ4n) is 4.10. The quantitative estimate of drug-likeness (QED) is 0.339. The van der Waals surface area contributed by atoms with Crippen LogP contribution in [-0.2, 0) is 0 Å². The van der Waals surface area contributed by atoms with E-state index in [1.807, 2.05) is 0 Å². The number of hydrogen-bond acceptors (Lipinski definition) is 0. The number of benzene rings is 2. The largest absolute Gasteiger partial charge is 1.00 e. The van der Waals surface area contributed by atoms with Gasteiger partial charge in [-0.15, -0.1) is 0 Å². The average Bonchev–Trinajstić information content (AvgIpc) is 2.70. The lowest BCUT2D eigenvalue weighted by Crippen LogP contribution is -3.00. The molecule has 0 fully saturated rings. The van der Waals surface area contributed by atoms with Gasteiger partial charge >= 0.3 is 0 Å². The van der Waals surface area contributed by atoms with Crippen molar-refractivity contribution in [1.82, 2.24) is 4.48 Å². The zero-order valence-corrected chi connectivity index (χ0v) is 18.1. The normalized spacial score (nSPS) is 11.2. The van der Waals surface area contributed by atoms with E-state index in [0.717, 1.165) is 4.48 Å². The summed E-state index contributed by atoms with van der Waals surface area (Å²) in [6.07, 6.45) is 12.2. The van der Waals surface area contributed by atoms with Crippen LogP contribution in [0.15, 0.2) is 60.7 Å². The molecule has 0 saturated heterocycles. The molecular formula is C25H38ClN. The summed E-state index contributed by atoms with van der Waals surface area (Å²) in [6, 6.07) is 22.3. The van der Waals surface area contributed by atoms with E-state index in [9.17, 15) is 0 Å². The number of para-hydroxylation sites is 2. The second kappa shape index (κ2) is 13.8. The second-order valence-electron chi connectivity index (χ2n) is 7.56. The lowest BCUT2D eigenvalue weighted by atomic mass is 10.1. The van der Waals surface area contributed by atoms with Gasteiger partial charge in [0, 0.05) is 0 Å². The van der Waals surface area contributed by atoms with Gasteiger partial charge in [-0.1, -0.05) is 88.8 Å². The minimum atomic E-state index is 0. The zero-order valence-electron chi connectivity index (χ0n) is 17.4. The highest BCUT2D eigenvalue weighted by Gasteiger charge is 2.31. The lowest BCUT2D eigenvalue weighted by Gasteiger charge is -2.38. The van der Waals surface area contributed by atoms with Crippen molar-refractivity contribution in [2.24, 2.45) is 0 Å². The first-order valence-electron chi connectivity index (χ1n) is 10.8.